The van der Waals surface area contributed by atoms with Crippen LogP contribution in [-0.2, 0) is 4.74 Å². The van der Waals surface area contributed by atoms with Crippen molar-refractivity contribution >= 4 is 29.0 Å². The predicted molar refractivity (Wildman–Crippen MR) is 112 cm³/mol. The first-order chi connectivity index (χ1) is 14.1. The third-order valence-corrected chi connectivity index (χ3v) is 5.71. The summed E-state index contributed by atoms with van der Waals surface area (Å²) in [5, 5.41) is 15.0. The summed E-state index contributed by atoms with van der Waals surface area (Å²) in [4.78, 5) is 26.8. The summed E-state index contributed by atoms with van der Waals surface area (Å²) in [6.07, 6.45) is 2.50. The Kier molecular flexibility index (Phi) is 7.54. The molecule has 1 saturated heterocycles. The fourth-order valence-electron chi connectivity index (χ4n) is 3.16. The maximum absolute atomic E-state index is 12.5. The molecule has 9 heteroatoms. The molecule has 1 aromatic heterocycles. The van der Waals surface area contributed by atoms with Gasteiger partial charge in [-0.05, 0) is 45.2 Å². The van der Waals surface area contributed by atoms with E-state index in [4.69, 9.17) is 4.74 Å². The summed E-state index contributed by atoms with van der Waals surface area (Å²) in [5.41, 5.74) is 1.84. The smallest absolute Gasteiger partial charge is 0.317 e. The number of amides is 3. The van der Waals surface area contributed by atoms with E-state index in [2.05, 4.69) is 20.8 Å². The summed E-state index contributed by atoms with van der Waals surface area (Å²) in [6, 6.07) is 7.33. The fourth-order valence-corrected chi connectivity index (χ4v) is 4.05. The number of hydrogen-bond donors (Lipinski definition) is 2. The number of benzene rings is 1. The predicted octanol–water partition coefficient (Wildman–Crippen LogP) is 3.37. The average molecular weight is 418 g/mol. The normalized spacial score (nSPS) is 16.1. The van der Waals surface area contributed by atoms with Crippen LogP contribution in [0.25, 0.3) is 0 Å². The van der Waals surface area contributed by atoms with Crippen LogP contribution in [0, 0.1) is 6.92 Å². The lowest BCUT2D eigenvalue weighted by Gasteiger charge is -2.23. The molecule has 3 rings (SSSR count). The van der Waals surface area contributed by atoms with E-state index in [-0.39, 0.29) is 18.0 Å². The van der Waals surface area contributed by atoms with E-state index >= 15 is 0 Å². The zero-order chi connectivity index (χ0) is 20.6. The molecule has 2 heterocycles. The standard InChI is InChI=1S/C20H27N5O3S/c1-3-28-13-5-11-21-20(27)25-12-4-6-16(25)18-23-24-19(29-18)17(26)22-15-9-7-14(2)8-10-15/h7-10,16H,3-6,11-13H2,1-2H3,(H,21,27)(H,22,26)/t16-/m0/s1. The minimum Gasteiger partial charge on any atom is -0.382 e. The number of aryl methyl sites for hydroxylation is 1. The number of carbonyl (C=O) groups excluding carboxylic acids is 2. The Morgan fingerprint density at radius 2 is 2.07 bits per heavy atom. The molecule has 2 N–H and O–H groups in total. The molecule has 8 nitrogen and oxygen atoms in total. The molecule has 1 aliphatic rings. The van der Waals surface area contributed by atoms with E-state index < -0.39 is 0 Å². The van der Waals surface area contributed by atoms with Crippen molar-refractivity contribution in [2.75, 3.05) is 31.6 Å². The maximum Gasteiger partial charge on any atom is 0.317 e. The molecule has 0 saturated carbocycles. The first-order valence-corrected chi connectivity index (χ1v) is 10.7. The zero-order valence-corrected chi connectivity index (χ0v) is 17.6. The molecule has 0 unspecified atom stereocenters. The topological polar surface area (TPSA) is 96.4 Å². The number of nitrogens with zero attached hydrogens (tertiary/aromatic N) is 3. The highest BCUT2D eigenvalue weighted by Crippen LogP contribution is 2.33. The van der Waals surface area contributed by atoms with Gasteiger partial charge in [0.15, 0.2) is 0 Å². The van der Waals surface area contributed by atoms with E-state index in [0.29, 0.717) is 42.0 Å². The van der Waals surface area contributed by atoms with Crippen molar-refractivity contribution in [3.05, 3.63) is 39.8 Å². The van der Waals surface area contributed by atoms with Crippen molar-refractivity contribution in [3.63, 3.8) is 0 Å². The average Bonchev–Trinajstić information content (AvgIpc) is 3.38. The largest absolute Gasteiger partial charge is 0.382 e. The van der Waals surface area contributed by atoms with Gasteiger partial charge in [0.25, 0.3) is 5.91 Å². The van der Waals surface area contributed by atoms with Crippen LogP contribution in [0.1, 0.15) is 52.6 Å². The van der Waals surface area contributed by atoms with Crippen molar-refractivity contribution in [2.24, 2.45) is 0 Å². The van der Waals surface area contributed by atoms with Gasteiger partial charge in [-0.15, -0.1) is 10.2 Å². The lowest BCUT2D eigenvalue weighted by atomic mass is 10.2. The van der Waals surface area contributed by atoms with Gasteiger partial charge in [0.05, 0.1) is 6.04 Å². The summed E-state index contributed by atoms with van der Waals surface area (Å²) < 4.78 is 5.29. The number of rotatable bonds is 8. The molecule has 0 aliphatic carbocycles. The van der Waals surface area contributed by atoms with E-state index in [1.54, 1.807) is 4.90 Å². The molecular formula is C20H27N5O3S. The lowest BCUT2D eigenvalue weighted by Crippen LogP contribution is -2.40. The van der Waals surface area contributed by atoms with E-state index in [0.717, 1.165) is 24.8 Å². The molecule has 1 aromatic carbocycles. The third kappa shape index (κ3) is 5.74. The quantitative estimate of drug-likeness (QED) is 0.642. The molecule has 0 bridgehead atoms. The second-order valence-corrected chi connectivity index (χ2v) is 7.91. The van der Waals surface area contributed by atoms with Crippen LogP contribution in [-0.4, -0.2) is 53.3 Å². The number of hydrogen-bond acceptors (Lipinski definition) is 6. The number of anilines is 1. The highest BCUT2D eigenvalue weighted by atomic mass is 32.1. The third-order valence-electron chi connectivity index (χ3n) is 4.69. The van der Waals surface area contributed by atoms with Crippen molar-refractivity contribution in [1.29, 1.82) is 0 Å². The van der Waals surface area contributed by atoms with Crippen molar-refractivity contribution < 1.29 is 14.3 Å². The minimum absolute atomic E-state index is 0.107. The first-order valence-electron chi connectivity index (χ1n) is 9.92. The van der Waals surface area contributed by atoms with Crippen molar-refractivity contribution in [2.45, 2.75) is 39.2 Å². The Balaban J connectivity index is 1.57. The van der Waals surface area contributed by atoms with Crippen molar-refractivity contribution in [3.8, 4) is 0 Å². The molecule has 1 aliphatic heterocycles. The Labute approximate surface area is 174 Å². The van der Waals surface area contributed by atoms with Crippen LogP contribution in [0.3, 0.4) is 0 Å². The Hall–Kier alpha value is -2.52. The van der Waals surface area contributed by atoms with Gasteiger partial charge in [0, 0.05) is 32.0 Å². The van der Waals surface area contributed by atoms with Gasteiger partial charge in [-0.2, -0.15) is 0 Å². The fraction of sp³-hybridized carbons (Fsp3) is 0.500. The number of ether oxygens (including phenoxy) is 1. The molecule has 29 heavy (non-hydrogen) atoms. The molecule has 2 aromatic rings. The van der Waals surface area contributed by atoms with Crippen LogP contribution in [0.5, 0.6) is 0 Å². The van der Waals surface area contributed by atoms with Crippen LogP contribution in [0.4, 0.5) is 10.5 Å². The summed E-state index contributed by atoms with van der Waals surface area (Å²) >= 11 is 1.24. The lowest BCUT2D eigenvalue weighted by molar-refractivity contribution is 0.102. The van der Waals surface area contributed by atoms with Gasteiger partial charge in [-0.25, -0.2) is 4.79 Å². The molecule has 0 radical (unpaired) electrons. The molecule has 3 amide bonds. The number of urea groups is 1. The van der Waals surface area contributed by atoms with E-state index in [1.165, 1.54) is 11.3 Å². The molecule has 0 spiro atoms. The van der Waals surface area contributed by atoms with E-state index in [9.17, 15) is 9.59 Å². The maximum atomic E-state index is 12.5. The van der Waals surface area contributed by atoms with Gasteiger partial charge in [0.1, 0.15) is 5.01 Å². The Morgan fingerprint density at radius 1 is 1.28 bits per heavy atom. The molecule has 156 valence electrons. The zero-order valence-electron chi connectivity index (χ0n) is 16.8. The Bertz CT molecular complexity index is 824. The van der Waals surface area contributed by atoms with Crippen LogP contribution >= 0.6 is 11.3 Å². The highest BCUT2D eigenvalue weighted by molar-refractivity contribution is 7.13. The molecular weight excluding hydrogens is 390 g/mol. The summed E-state index contributed by atoms with van der Waals surface area (Å²) in [5.74, 6) is -0.289. The van der Waals surface area contributed by atoms with Gasteiger partial charge in [-0.1, -0.05) is 29.0 Å². The van der Waals surface area contributed by atoms with Gasteiger partial charge < -0.3 is 20.3 Å². The Morgan fingerprint density at radius 3 is 2.83 bits per heavy atom. The second-order valence-electron chi connectivity index (χ2n) is 6.90. The summed E-state index contributed by atoms with van der Waals surface area (Å²) in [6.45, 7) is 6.50. The molecule has 1 atom stereocenters. The second kappa shape index (κ2) is 10.3. The number of likely N-dealkylation sites (tertiary alicyclic amines) is 1. The van der Waals surface area contributed by atoms with Crippen LogP contribution in [0.15, 0.2) is 24.3 Å². The number of aromatic nitrogens is 2. The monoisotopic (exact) mass is 417 g/mol. The summed E-state index contributed by atoms with van der Waals surface area (Å²) in [7, 11) is 0. The first kappa shape index (κ1) is 21.2. The minimum atomic E-state index is -0.289. The SMILES string of the molecule is CCOCCCNC(=O)N1CCC[C@H]1c1nnc(C(=O)Nc2ccc(C)cc2)s1. The van der Waals surface area contributed by atoms with Gasteiger partial charge >= 0.3 is 6.03 Å². The number of carbonyl (C=O) groups is 2. The van der Waals surface area contributed by atoms with Gasteiger partial charge in [0.2, 0.25) is 5.01 Å². The van der Waals surface area contributed by atoms with Crippen LogP contribution in [0.2, 0.25) is 0 Å². The van der Waals surface area contributed by atoms with Gasteiger partial charge in [-0.3, -0.25) is 4.79 Å². The highest BCUT2D eigenvalue weighted by Gasteiger charge is 2.33. The number of nitrogens with one attached hydrogen (secondary N) is 2. The molecule has 1 fully saturated rings. The van der Waals surface area contributed by atoms with Crippen molar-refractivity contribution in [1.82, 2.24) is 20.4 Å². The van der Waals surface area contributed by atoms with Crippen LogP contribution < -0.4 is 10.6 Å². The van der Waals surface area contributed by atoms with E-state index in [1.807, 2.05) is 38.1 Å².